The summed E-state index contributed by atoms with van der Waals surface area (Å²) in [5.41, 5.74) is 7.70. The van der Waals surface area contributed by atoms with Crippen molar-refractivity contribution in [2.45, 2.75) is 13.0 Å². The Bertz CT molecular complexity index is 506. The second kappa shape index (κ2) is 6.33. The number of aryl methyl sites for hydroxylation is 1. The zero-order chi connectivity index (χ0) is 13.7. The van der Waals surface area contributed by atoms with Crippen molar-refractivity contribution in [1.82, 2.24) is 9.78 Å². The molecule has 0 fully saturated rings. The van der Waals surface area contributed by atoms with Gasteiger partial charge in [0, 0.05) is 37.6 Å². The van der Waals surface area contributed by atoms with E-state index >= 15 is 0 Å². The van der Waals surface area contributed by atoms with Gasteiger partial charge in [0.05, 0.1) is 6.20 Å². The van der Waals surface area contributed by atoms with Crippen LogP contribution in [0.3, 0.4) is 0 Å². The number of halogens is 1. The molecule has 1 heterocycles. The molecule has 5 heteroatoms. The van der Waals surface area contributed by atoms with Crippen LogP contribution in [0.15, 0.2) is 36.7 Å². The molecule has 102 valence electrons. The fourth-order valence-electron chi connectivity index (χ4n) is 2.01. The van der Waals surface area contributed by atoms with E-state index in [2.05, 4.69) is 10.00 Å². The average molecular weight is 262 g/mol. The number of rotatable bonds is 6. The van der Waals surface area contributed by atoms with Crippen LogP contribution in [0.1, 0.15) is 12.0 Å². The SMILES string of the molecule is Cn1cc(CN(CCCN)c2ccc(F)cc2)cn1. The summed E-state index contributed by atoms with van der Waals surface area (Å²) in [7, 11) is 1.89. The van der Waals surface area contributed by atoms with Crippen LogP contribution in [0, 0.1) is 5.82 Å². The fourth-order valence-corrected chi connectivity index (χ4v) is 2.01. The van der Waals surface area contributed by atoms with Gasteiger partial charge in [0.15, 0.2) is 0 Å². The van der Waals surface area contributed by atoms with Gasteiger partial charge in [-0.2, -0.15) is 5.10 Å². The first-order valence-electron chi connectivity index (χ1n) is 6.37. The number of anilines is 1. The van der Waals surface area contributed by atoms with Gasteiger partial charge in [0.25, 0.3) is 0 Å². The summed E-state index contributed by atoms with van der Waals surface area (Å²) in [5, 5.41) is 4.16. The molecule has 0 bridgehead atoms. The highest BCUT2D eigenvalue weighted by Crippen LogP contribution is 2.18. The molecular weight excluding hydrogens is 243 g/mol. The first-order chi connectivity index (χ1) is 9.19. The maximum absolute atomic E-state index is 13.0. The highest BCUT2D eigenvalue weighted by Gasteiger charge is 2.08. The monoisotopic (exact) mass is 262 g/mol. The standard InChI is InChI=1S/C14H19FN4/c1-18-10-12(9-17-18)11-19(8-2-7-16)14-5-3-13(15)4-6-14/h3-6,9-10H,2,7-8,11,16H2,1H3. The zero-order valence-corrected chi connectivity index (χ0v) is 11.1. The van der Waals surface area contributed by atoms with Gasteiger partial charge in [-0.25, -0.2) is 4.39 Å². The van der Waals surface area contributed by atoms with Gasteiger partial charge in [-0.15, -0.1) is 0 Å². The van der Waals surface area contributed by atoms with Crippen LogP contribution in [0.5, 0.6) is 0 Å². The smallest absolute Gasteiger partial charge is 0.123 e. The number of hydrogen-bond donors (Lipinski definition) is 1. The van der Waals surface area contributed by atoms with Gasteiger partial charge in [-0.05, 0) is 37.2 Å². The zero-order valence-electron chi connectivity index (χ0n) is 11.1. The predicted molar refractivity (Wildman–Crippen MR) is 74.3 cm³/mol. The Morgan fingerprint density at radius 3 is 2.63 bits per heavy atom. The lowest BCUT2D eigenvalue weighted by atomic mass is 10.2. The second-order valence-corrected chi connectivity index (χ2v) is 4.56. The van der Waals surface area contributed by atoms with Gasteiger partial charge in [0.1, 0.15) is 5.82 Å². The number of nitrogens with two attached hydrogens (primary N) is 1. The molecule has 0 amide bonds. The fraction of sp³-hybridized carbons (Fsp3) is 0.357. The topological polar surface area (TPSA) is 47.1 Å². The minimum Gasteiger partial charge on any atom is -0.367 e. The van der Waals surface area contributed by atoms with Crippen molar-refractivity contribution in [2.75, 3.05) is 18.0 Å². The summed E-state index contributed by atoms with van der Waals surface area (Å²) >= 11 is 0. The summed E-state index contributed by atoms with van der Waals surface area (Å²) in [6.07, 6.45) is 4.73. The van der Waals surface area contributed by atoms with Crippen molar-refractivity contribution >= 4 is 5.69 Å². The van der Waals surface area contributed by atoms with Gasteiger partial charge < -0.3 is 10.6 Å². The van der Waals surface area contributed by atoms with E-state index in [-0.39, 0.29) is 5.82 Å². The van der Waals surface area contributed by atoms with Crippen molar-refractivity contribution < 1.29 is 4.39 Å². The van der Waals surface area contributed by atoms with E-state index in [1.54, 1.807) is 16.8 Å². The molecule has 0 radical (unpaired) electrons. The third kappa shape index (κ3) is 3.79. The van der Waals surface area contributed by atoms with Crippen LogP contribution >= 0.6 is 0 Å². The largest absolute Gasteiger partial charge is 0.367 e. The summed E-state index contributed by atoms with van der Waals surface area (Å²) in [4.78, 5) is 2.18. The lowest BCUT2D eigenvalue weighted by Gasteiger charge is -2.24. The van der Waals surface area contributed by atoms with Crippen molar-refractivity contribution in [1.29, 1.82) is 0 Å². The summed E-state index contributed by atoms with van der Waals surface area (Å²) in [6.45, 7) is 2.24. The minimum absolute atomic E-state index is 0.219. The van der Waals surface area contributed by atoms with E-state index in [1.165, 1.54) is 12.1 Å². The number of hydrogen-bond acceptors (Lipinski definition) is 3. The first kappa shape index (κ1) is 13.5. The minimum atomic E-state index is -0.219. The lowest BCUT2D eigenvalue weighted by Crippen LogP contribution is -2.25. The second-order valence-electron chi connectivity index (χ2n) is 4.56. The van der Waals surface area contributed by atoms with Crippen LogP contribution in [0.25, 0.3) is 0 Å². The Morgan fingerprint density at radius 1 is 1.32 bits per heavy atom. The molecule has 0 unspecified atom stereocenters. The quantitative estimate of drug-likeness (QED) is 0.865. The van der Waals surface area contributed by atoms with Gasteiger partial charge in [-0.3, -0.25) is 4.68 Å². The normalized spacial score (nSPS) is 10.7. The highest BCUT2D eigenvalue weighted by atomic mass is 19.1. The van der Waals surface area contributed by atoms with Gasteiger partial charge in [-0.1, -0.05) is 0 Å². The molecule has 0 aliphatic heterocycles. The number of nitrogens with zero attached hydrogens (tertiary/aromatic N) is 3. The third-order valence-corrected chi connectivity index (χ3v) is 2.96. The van der Waals surface area contributed by atoms with Crippen molar-refractivity contribution in [3.8, 4) is 0 Å². The van der Waals surface area contributed by atoms with Crippen LogP contribution < -0.4 is 10.6 Å². The van der Waals surface area contributed by atoms with Gasteiger partial charge >= 0.3 is 0 Å². The number of aromatic nitrogens is 2. The maximum atomic E-state index is 13.0. The molecule has 2 N–H and O–H groups in total. The van der Waals surface area contributed by atoms with Crippen molar-refractivity contribution in [2.24, 2.45) is 12.8 Å². The Hall–Kier alpha value is -1.88. The Morgan fingerprint density at radius 2 is 2.05 bits per heavy atom. The first-order valence-corrected chi connectivity index (χ1v) is 6.37. The Kier molecular flexibility index (Phi) is 4.52. The van der Waals surface area contributed by atoms with E-state index in [0.29, 0.717) is 6.54 Å². The molecule has 4 nitrogen and oxygen atoms in total. The van der Waals surface area contributed by atoms with Crippen LogP contribution in [0.2, 0.25) is 0 Å². The maximum Gasteiger partial charge on any atom is 0.123 e. The van der Waals surface area contributed by atoms with Crippen LogP contribution in [-0.2, 0) is 13.6 Å². The number of benzene rings is 1. The van der Waals surface area contributed by atoms with E-state index < -0.39 is 0 Å². The molecule has 0 saturated heterocycles. The van der Waals surface area contributed by atoms with Crippen molar-refractivity contribution in [3.63, 3.8) is 0 Å². The molecule has 0 saturated carbocycles. The van der Waals surface area contributed by atoms with Crippen LogP contribution in [-0.4, -0.2) is 22.9 Å². The third-order valence-electron chi connectivity index (χ3n) is 2.96. The van der Waals surface area contributed by atoms with E-state index in [9.17, 15) is 4.39 Å². The average Bonchev–Trinajstić information content (AvgIpc) is 2.81. The molecule has 0 aliphatic carbocycles. The molecule has 0 atom stereocenters. The molecule has 1 aromatic heterocycles. The molecule has 2 rings (SSSR count). The molecule has 0 spiro atoms. The summed E-state index contributed by atoms with van der Waals surface area (Å²) < 4.78 is 14.8. The van der Waals surface area contributed by atoms with Crippen LogP contribution in [0.4, 0.5) is 10.1 Å². The molecule has 19 heavy (non-hydrogen) atoms. The molecule has 1 aromatic carbocycles. The summed E-state index contributed by atoms with van der Waals surface area (Å²) in [6, 6.07) is 6.55. The summed E-state index contributed by atoms with van der Waals surface area (Å²) in [5.74, 6) is -0.219. The van der Waals surface area contributed by atoms with E-state index in [4.69, 9.17) is 5.73 Å². The van der Waals surface area contributed by atoms with Crippen molar-refractivity contribution in [3.05, 3.63) is 48.0 Å². The predicted octanol–water partition coefficient (Wildman–Crippen LogP) is 1.91. The molecule has 0 aliphatic rings. The lowest BCUT2D eigenvalue weighted by molar-refractivity contribution is 0.627. The van der Waals surface area contributed by atoms with Gasteiger partial charge in [0.2, 0.25) is 0 Å². The molecular formula is C14H19FN4. The Labute approximate surface area is 112 Å². The molecule has 2 aromatic rings. The van der Waals surface area contributed by atoms with E-state index in [1.807, 2.05) is 19.4 Å². The van der Waals surface area contributed by atoms with E-state index in [0.717, 1.165) is 30.8 Å². The highest BCUT2D eigenvalue weighted by molar-refractivity contribution is 5.46. The Balaban J connectivity index is 2.13.